The first kappa shape index (κ1) is 8.50. The molecule has 0 aliphatic carbocycles. The first-order valence-corrected chi connectivity index (χ1v) is 4.19. The van der Waals surface area contributed by atoms with Gasteiger partial charge in [-0.05, 0) is 23.8 Å². The van der Waals surface area contributed by atoms with E-state index in [-0.39, 0.29) is 0 Å². The molecular weight excluding hydrogens is 176 g/mol. The molecule has 0 saturated carbocycles. The van der Waals surface area contributed by atoms with Crippen molar-refractivity contribution in [3.63, 3.8) is 0 Å². The lowest BCUT2D eigenvalue weighted by molar-refractivity contribution is 1.31. The van der Waals surface area contributed by atoms with E-state index in [4.69, 9.17) is 11.5 Å². The minimum Gasteiger partial charge on any atom is -0.396 e. The summed E-state index contributed by atoms with van der Waals surface area (Å²) in [4.78, 5) is 7.92. The molecule has 2 heterocycles. The summed E-state index contributed by atoms with van der Waals surface area (Å²) >= 11 is 0. The molecule has 14 heavy (non-hydrogen) atoms. The van der Waals surface area contributed by atoms with Crippen molar-refractivity contribution in [2.75, 3.05) is 11.5 Å². The summed E-state index contributed by atoms with van der Waals surface area (Å²) in [7, 11) is 0. The third kappa shape index (κ3) is 1.50. The average molecular weight is 186 g/mol. The maximum Gasteiger partial charge on any atom is 0.146 e. The van der Waals surface area contributed by atoms with E-state index in [1.165, 1.54) is 0 Å². The molecule has 0 aromatic carbocycles. The Labute approximate surface area is 81.6 Å². The van der Waals surface area contributed by atoms with Gasteiger partial charge in [0.05, 0.1) is 5.69 Å². The van der Waals surface area contributed by atoms with Gasteiger partial charge in [-0.3, -0.25) is 4.98 Å². The van der Waals surface area contributed by atoms with Gasteiger partial charge in [-0.15, -0.1) is 0 Å². The van der Waals surface area contributed by atoms with Crippen LogP contribution in [0.15, 0.2) is 36.8 Å². The van der Waals surface area contributed by atoms with E-state index in [1.807, 2.05) is 12.1 Å². The second-order valence-electron chi connectivity index (χ2n) is 2.93. The zero-order valence-corrected chi connectivity index (χ0v) is 7.51. The summed E-state index contributed by atoms with van der Waals surface area (Å²) in [6.07, 6.45) is 5.14. The van der Waals surface area contributed by atoms with Crippen molar-refractivity contribution in [2.24, 2.45) is 0 Å². The molecule has 2 rings (SSSR count). The van der Waals surface area contributed by atoms with Crippen LogP contribution >= 0.6 is 0 Å². The number of nitrogens with zero attached hydrogens (tertiary/aromatic N) is 2. The molecule has 0 spiro atoms. The summed E-state index contributed by atoms with van der Waals surface area (Å²) in [5.41, 5.74) is 13.6. The maximum atomic E-state index is 5.65. The minimum atomic E-state index is 0.364. The van der Waals surface area contributed by atoms with Crippen molar-refractivity contribution >= 4 is 11.5 Å². The molecule has 0 aliphatic heterocycles. The maximum absolute atomic E-state index is 5.65. The second kappa shape index (κ2) is 3.33. The lowest BCUT2D eigenvalue weighted by Gasteiger charge is -2.03. The number of nitrogen functional groups attached to an aromatic ring is 2. The Morgan fingerprint density at radius 3 is 2.36 bits per heavy atom. The topological polar surface area (TPSA) is 77.8 Å². The molecule has 0 unspecified atom stereocenters. The predicted octanol–water partition coefficient (Wildman–Crippen LogP) is 1.31. The van der Waals surface area contributed by atoms with E-state index in [0.717, 1.165) is 11.1 Å². The van der Waals surface area contributed by atoms with E-state index in [0.29, 0.717) is 11.5 Å². The van der Waals surface area contributed by atoms with Crippen LogP contribution in [0, 0.1) is 0 Å². The minimum absolute atomic E-state index is 0.364. The zero-order chi connectivity index (χ0) is 9.97. The van der Waals surface area contributed by atoms with Gasteiger partial charge in [-0.25, -0.2) is 4.98 Å². The van der Waals surface area contributed by atoms with Crippen LogP contribution in [0.2, 0.25) is 0 Å². The Bertz CT molecular complexity index is 439. The van der Waals surface area contributed by atoms with E-state index in [1.54, 1.807) is 24.7 Å². The average Bonchev–Trinajstić information content (AvgIpc) is 2.23. The summed E-state index contributed by atoms with van der Waals surface area (Å²) < 4.78 is 0. The fourth-order valence-corrected chi connectivity index (χ4v) is 1.19. The number of hydrogen-bond acceptors (Lipinski definition) is 4. The van der Waals surface area contributed by atoms with Crippen LogP contribution < -0.4 is 11.5 Å². The number of rotatable bonds is 1. The fraction of sp³-hybridized carbons (Fsp3) is 0. The molecule has 0 fully saturated rings. The Hall–Kier alpha value is -2.10. The third-order valence-corrected chi connectivity index (χ3v) is 1.96. The molecular formula is C10H10N4. The third-order valence-electron chi connectivity index (χ3n) is 1.96. The van der Waals surface area contributed by atoms with Crippen molar-refractivity contribution in [1.29, 1.82) is 0 Å². The molecule has 0 amide bonds. The highest BCUT2D eigenvalue weighted by Gasteiger charge is 2.00. The normalized spacial score (nSPS) is 10.0. The highest BCUT2D eigenvalue weighted by Crippen LogP contribution is 2.22. The van der Waals surface area contributed by atoms with Crippen LogP contribution in [0.4, 0.5) is 11.5 Å². The van der Waals surface area contributed by atoms with Crippen LogP contribution in [0.5, 0.6) is 0 Å². The molecule has 2 aromatic rings. The molecule has 4 heteroatoms. The van der Waals surface area contributed by atoms with Crippen molar-refractivity contribution in [3.8, 4) is 11.1 Å². The SMILES string of the molecule is Nc1cc(-c2ccncc2)cnc1N. The van der Waals surface area contributed by atoms with Crippen LogP contribution in [0.1, 0.15) is 0 Å². The zero-order valence-electron chi connectivity index (χ0n) is 7.51. The Morgan fingerprint density at radius 1 is 1.00 bits per heavy atom. The van der Waals surface area contributed by atoms with Gasteiger partial charge in [0.1, 0.15) is 5.82 Å². The van der Waals surface area contributed by atoms with Crippen LogP contribution in [0.3, 0.4) is 0 Å². The van der Waals surface area contributed by atoms with Gasteiger partial charge < -0.3 is 11.5 Å². The Balaban J connectivity index is 2.48. The van der Waals surface area contributed by atoms with Gasteiger partial charge in [0.25, 0.3) is 0 Å². The summed E-state index contributed by atoms with van der Waals surface area (Å²) in [6.45, 7) is 0. The molecule has 0 bridgehead atoms. The van der Waals surface area contributed by atoms with E-state index < -0.39 is 0 Å². The van der Waals surface area contributed by atoms with Gasteiger partial charge in [0.2, 0.25) is 0 Å². The van der Waals surface area contributed by atoms with Gasteiger partial charge >= 0.3 is 0 Å². The molecule has 70 valence electrons. The molecule has 0 aliphatic rings. The first-order chi connectivity index (χ1) is 6.77. The number of pyridine rings is 2. The summed E-state index contributed by atoms with van der Waals surface area (Å²) in [6, 6.07) is 5.59. The molecule has 4 N–H and O–H groups in total. The Morgan fingerprint density at radius 2 is 1.71 bits per heavy atom. The van der Waals surface area contributed by atoms with Gasteiger partial charge in [0, 0.05) is 24.2 Å². The number of nitrogens with two attached hydrogens (primary N) is 2. The van der Waals surface area contributed by atoms with Crippen molar-refractivity contribution in [1.82, 2.24) is 9.97 Å². The van der Waals surface area contributed by atoms with Crippen LogP contribution in [-0.4, -0.2) is 9.97 Å². The Kier molecular flexibility index (Phi) is 2.02. The van der Waals surface area contributed by atoms with Crippen LogP contribution in [-0.2, 0) is 0 Å². The number of aromatic nitrogens is 2. The molecule has 0 atom stereocenters. The van der Waals surface area contributed by atoms with Crippen molar-refractivity contribution < 1.29 is 0 Å². The van der Waals surface area contributed by atoms with Crippen molar-refractivity contribution in [2.45, 2.75) is 0 Å². The molecule has 4 nitrogen and oxygen atoms in total. The lowest BCUT2D eigenvalue weighted by Crippen LogP contribution is -1.97. The van der Waals surface area contributed by atoms with Crippen molar-refractivity contribution in [3.05, 3.63) is 36.8 Å². The van der Waals surface area contributed by atoms with E-state index in [2.05, 4.69) is 9.97 Å². The largest absolute Gasteiger partial charge is 0.396 e. The molecule has 2 aromatic heterocycles. The number of hydrogen-bond donors (Lipinski definition) is 2. The fourth-order valence-electron chi connectivity index (χ4n) is 1.19. The standard InChI is InChI=1S/C10H10N4/c11-9-5-8(6-14-10(9)12)7-1-3-13-4-2-7/h1-6H,11H2,(H2,12,14). The smallest absolute Gasteiger partial charge is 0.146 e. The summed E-state index contributed by atoms with van der Waals surface area (Å²) in [5, 5.41) is 0. The van der Waals surface area contributed by atoms with E-state index in [9.17, 15) is 0 Å². The quantitative estimate of drug-likeness (QED) is 0.703. The van der Waals surface area contributed by atoms with Gasteiger partial charge in [-0.2, -0.15) is 0 Å². The molecule has 0 radical (unpaired) electrons. The second-order valence-corrected chi connectivity index (χ2v) is 2.93. The highest BCUT2D eigenvalue weighted by atomic mass is 14.9. The predicted molar refractivity (Wildman–Crippen MR) is 56.3 cm³/mol. The summed E-state index contributed by atoms with van der Waals surface area (Å²) in [5.74, 6) is 0.364. The number of anilines is 2. The van der Waals surface area contributed by atoms with E-state index >= 15 is 0 Å². The van der Waals surface area contributed by atoms with Gasteiger partial charge in [0.15, 0.2) is 0 Å². The monoisotopic (exact) mass is 186 g/mol. The lowest BCUT2D eigenvalue weighted by atomic mass is 10.1. The van der Waals surface area contributed by atoms with Crippen LogP contribution in [0.25, 0.3) is 11.1 Å². The first-order valence-electron chi connectivity index (χ1n) is 4.19. The van der Waals surface area contributed by atoms with Gasteiger partial charge in [-0.1, -0.05) is 0 Å². The highest BCUT2D eigenvalue weighted by molar-refractivity contribution is 5.70. The molecule has 0 saturated heterocycles.